The van der Waals surface area contributed by atoms with Gasteiger partial charge in [-0.05, 0) is 30.5 Å². The van der Waals surface area contributed by atoms with Crippen LogP contribution >= 0.6 is 35.0 Å². The van der Waals surface area contributed by atoms with Crippen molar-refractivity contribution >= 4 is 35.0 Å². The van der Waals surface area contributed by atoms with Gasteiger partial charge in [-0.3, -0.25) is 0 Å². The van der Waals surface area contributed by atoms with Crippen LogP contribution in [-0.2, 0) is 12.8 Å². The summed E-state index contributed by atoms with van der Waals surface area (Å²) < 4.78 is 2.15. The molecule has 0 atom stereocenters. The first kappa shape index (κ1) is 16.2. The van der Waals surface area contributed by atoms with Gasteiger partial charge in [0.15, 0.2) is 5.16 Å². The highest BCUT2D eigenvalue weighted by Crippen LogP contribution is 2.33. The van der Waals surface area contributed by atoms with Gasteiger partial charge in [-0.25, -0.2) is 0 Å². The monoisotopic (exact) mass is 355 g/mol. The topological polar surface area (TPSA) is 30.7 Å². The van der Waals surface area contributed by atoms with E-state index in [-0.39, 0.29) is 0 Å². The number of aromatic nitrogens is 3. The van der Waals surface area contributed by atoms with Crippen molar-refractivity contribution in [2.75, 3.05) is 0 Å². The fraction of sp³-hybridized carbons (Fsp3) is 0.500. The van der Waals surface area contributed by atoms with E-state index in [1.54, 1.807) is 11.8 Å². The minimum Gasteiger partial charge on any atom is -0.309 e. The van der Waals surface area contributed by atoms with Gasteiger partial charge >= 0.3 is 0 Å². The molecule has 0 amide bonds. The van der Waals surface area contributed by atoms with Crippen LogP contribution < -0.4 is 0 Å². The van der Waals surface area contributed by atoms with E-state index in [0.717, 1.165) is 22.3 Å². The van der Waals surface area contributed by atoms with Crippen molar-refractivity contribution in [3.05, 3.63) is 39.6 Å². The lowest BCUT2D eigenvalue weighted by Crippen LogP contribution is -2.10. The number of rotatable bonds is 4. The largest absolute Gasteiger partial charge is 0.309 e. The fourth-order valence-corrected chi connectivity index (χ4v) is 4.13. The van der Waals surface area contributed by atoms with Crippen molar-refractivity contribution in [2.45, 2.75) is 48.9 Å². The van der Waals surface area contributed by atoms with Crippen molar-refractivity contribution in [3.63, 3.8) is 0 Å². The summed E-state index contributed by atoms with van der Waals surface area (Å²) in [5.74, 6) is 2.52. The molecule has 0 aliphatic heterocycles. The van der Waals surface area contributed by atoms with E-state index >= 15 is 0 Å². The average Bonchev–Trinajstić information content (AvgIpc) is 2.90. The Labute approximate surface area is 145 Å². The minimum atomic E-state index is 0.575. The molecule has 1 aliphatic carbocycles. The van der Waals surface area contributed by atoms with Gasteiger partial charge in [0, 0.05) is 18.7 Å². The molecule has 0 unspecified atom stereocenters. The van der Waals surface area contributed by atoms with Crippen LogP contribution in [0, 0.1) is 0 Å². The molecule has 3 rings (SSSR count). The van der Waals surface area contributed by atoms with Gasteiger partial charge in [-0.1, -0.05) is 60.3 Å². The zero-order chi connectivity index (χ0) is 15.5. The van der Waals surface area contributed by atoms with Gasteiger partial charge < -0.3 is 4.57 Å². The molecule has 0 saturated heterocycles. The molecule has 0 N–H and O–H groups in total. The van der Waals surface area contributed by atoms with Crippen molar-refractivity contribution in [1.29, 1.82) is 0 Å². The summed E-state index contributed by atoms with van der Waals surface area (Å²) in [6, 6.07) is 5.75. The summed E-state index contributed by atoms with van der Waals surface area (Å²) in [5.41, 5.74) is 1.14. The Morgan fingerprint density at radius 2 is 1.91 bits per heavy atom. The summed E-state index contributed by atoms with van der Waals surface area (Å²) >= 11 is 13.7. The van der Waals surface area contributed by atoms with Gasteiger partial charge in [0.25, 0.3) is 0 Å². The molecule has 1 aromatic heterocycles. The third kappa shape index (κ3) is 3.61. The molecular weight excluding hydrogens is 337 g/mol. The fourth-order valence-electron chi connectivity index (χ4n) is 2.95. The Morgan fingerprint density at radius 1 is 1.14 bits per heavy atom. The lowest BCUT2D eigenvalue weighted by molar-refractivity contribution is 0.418. The number of benzene rings is 1. The molecule has 1 saturated carbocycles. The molecule has 1 aliphatic rings. The van der Waals surface area contributed by atoms with Gasteiger partial charge in [-0.15, -0.1) is 10.2 Å². The van der Waals surface area contributed by atoms with E-state index in [0.29, 0.717) is 16.0 Å². The third-order valence-corrected chi connectivity index (χ3v) is 6.02. The highest BCUT2D eigenvalue weighted by atomic mass is 35.5. The van der Waals surface area contributed by atoms with E-state index in [2.05, 4.69) is 21.8 Å². The first-order valence-corrected chi connectivity index (χ1v) is 9.35. The quantitative estimate of drug-likeness (QED) is 0.682. The highest BCUT2D eigenvalue weighted by molar-refractivity contribution is 7.98. The third-order valence-electron chi connectivity index (χ3n) is 4.19. The Balaban J connectivity index is 1.67. The molecule has 6 heteroatoms. The summed E-state index contributed by atoms with van der Waals surface area (Å²) in [4.78, 5) is 0. The second-order valence-corrected chi connectivity index (χ2v) is 7.53. The Morgan fingerprint density at radius 3 is 2.64 bits per heavy atom. The molecule has 1 heterocycles. The van der Waals surface area contributed by atoms with Gasteiger partial charge in [-0.2, -0.15) is 0 Å². The molecule has 0 spiro atoms. The lowest BCUT2D eigenvalue weighted by atomic mass is 9.89. The molecule has 3 nitrogen and oxygen atoms in total. The molecule has 0 bridgehead atoms. The highest BCUT2D eigenvalue weighted by Gasteiger charge is 2.21. The first-order chi connectivity index (χ1) is 10.6. The number of halogens is 2. The number of nitrogens with zero attached hydrogens (tertiary/aromatic N) is 3. The van der Waals surface area contributed by atoms with E-state index in [9.17, 15) is 0 Å². The van der Waals surface area contributed by atoms with Crippen molar-refractivity contribution in [3.8, 4) is 0 Å². The second kappa shape index (κ2) is 7.24. The number of hydrogen-bond acceptors (Lipinski definition) is 3. The maximum atomic E-state index is 6.06. The molecular formula is C16H19Cl2N3S. The van der Waals surface area contributed by atoms with Crippen molar-refractivity contribution in [2.24, 2.45) is 7.05 Å². The van der Waals surface area contributed by atoms with Crippen LogP contribution in [0.25, 0.3) is 0 Å². The molecule has 1 fully saturated rings. The normalized spacial score (nSPS) is 16.1. The van der Waals surface area contributed by atoms with Gasteiger partial charge in [0.05, 0.1) is 10.0 Å². The van der Waals surface area contributed by atoms with Crippen LogP contribution in [0.2, 0.25) is 10.0 Å². The first-order valence-electron chi connectivity index (χ1n) is 7.61. The predicted octanol–water partition coefficient (Wildman–Crippen LogP) is 5.46. The van der Waals surface area contributed by atoms with Crippen LogP contribution in [-0.4, -0.2) is 14.8 Å². The maximum absolute atomic E-state index is 6.06. The van der Waals surface area contributed by atoms with Crippen molar-refractivity contribution in [1.82, 2.24) is 14.8 Å². The van der Waals surface area contributed by atoms with E-state index < -0.39 is 0 Å². The Hall–Kier alpha value is -0.710. The summed E-state index contributed by atoms with van der Waals surface area (Å²) in [6.45, 7) is 0. The van der Waals surface area contributed by atoms with Crippen LogP contribution in [0.15, 0.2) is 23.4 Å². The SMILES string of the molecule is Cn1c(SCc2ccc(Cl)c(Cl)c2)nnc1C1CCCCC1. The van der Waals surface area contributed by atoms with Gasteiger partial charge in [0.2, 0.25) is 0 Å². The maximum Gasteiger partial charge on any atom is 0.191 e. The van der Waals surface area contributed by atoms with Crippen LogP contribution in [0.5, 0.6) is 0 Å². The second-order valence-electron chi connectivity index (χ2n) is 5.77. The van der Waals surface area contributed by atoms with Crippen LogP contribution in [0.3, 0.4) is 0 Å². The number of thioether (sulfide) groups is 1. The molecule has 2 aromatic rings. The van der Waals surface area contributed by atoms with Crippen LogP contribution in [0.1, 0.15) is 49.4 Å². The zero-order valence-electron chi connectivity index (χ0n) is 12.6. The van der Waals surface area contributed by atoms with E-state index in [4.69, 9.17) is 23.2 Å². The molecule has 118 valence electrons. The standard InChI is InChI=1S/C16H19Cl2N3S/c1-21-15(12-5-3-2-4-6-12)19-20-16(21)22-10-11-7-8-13(17)14(18)9-11/h7-9,12H,2-6,10H2,1H3. The summed E-state index contributed by atoms with van der Waals surface area (Å²) in [7, 11) is 2.07. The smallest absolute Gasteiger partial charge is 0.191 e. The lowest BCUT2D eigenvalue weighted by Gasteiger charge is -2.20. The van der Waals surface area contributed by atoms with Crippen molar-refractivity contribution < 1.29 is 0 Å². The molecule has 1 aromatic carbocycles. The predicted molar refractivity (Wildman–Crippen MR) is 92.9 cm³/mol. The van der Waals surface area contributed by atoms with Crippen LogP contribution in [0.4, 0.5) is 0 Å². The summed E-state index contributed by atoms with van der Waals surface area (Å²) in [6.07, 6.45) is 6.45. The minimum absolute atomic E-state index is 0.575. The Kier molecular flexibility index (Phi) is 5.32. The molecule has 22 heavy (non-hydrogen) atoms. The molecule has 0 radical (unpaired) electrons. The number of hydrogen-bond donors (Lipinski definition) is 0. The zero-order valence-corrected chi connectivity index (χ0v) is 14.9. The average molecular weight is 356 g/mol. The Bertz CT molecular complexity index is 651. The van der Waals surface area contributed by atoms with E-state index in [1.807, 2.05) is 18.2 Å². The van der Waals surface area contributed by atoms with Gasteiger partial charge in [0.1, 0.15) is 5.82 Å². The van der Waals surface area contributed by atoms with E-state index in [1.165, 1.54) is 32.1 Å². The summed E-state index contributed by atoms with van der Waals surface area (Å²) in [5, 5.41) is 10.9.